The molecular weight excluding hydrogens is 360 g/mol. The lowest BCUT2D eigenvalue weighted by molar-refractivity contribution is 0.0690. The number of rotatable bonds is 5. The number of hydrogen-bond acceptors (Lipinski definition) is 2. The molecule has 4 aromatic rings. The van der Waals surface area contributed by atoms with Crippen molar-refractivity contribution in [1.82, 2.24) is 9.97 Å². The van der Waals surface area contributed by atoms with Crippen LogP contribution in [0, 0.1) is 6.92 Å². The Labute approximate surface area is 169 Å². The molecule has 144 valence electrons. The largest absolute Gasteiger partial charge is 0.477 e. The van der Waals surface area contributed by atoms with Crippen molar-refractivity contribution in [3.05, 3.63) is 88.7 Å². The van der Waals surface area contributed by atoms with Crippen LogP contribution in [0.2, 0.25) is 0 Å². The zero-order chi connectivity index (χ0) is 20.0. The van der Waals surface area contributed by atoms with Gasteiger partial charge in [-0.25, -0.2) is 9.78 Å². The minimum Gasteiger partial charge on any atom is -0.477 e. The van der Waals surface area contributed by atoms with Crippen molar-refractivity contribution in [2.75, 3.05) is 0 Å². The number of aromatic nitrogens is 2. The van der Waals surface area contributed by atoms with Crippen LogP contribution in [-0.2, 0) is 6.42 Å². The number of nitrogens with one attached hydrogen (secondary N) is 1. The normalized spacial score (nSPS) is 13.7. The number of hydrogen-bond donors (Lipinski definition) is 2. The van der Waals surface area contributed by atoms with E-state index in [1.807, 2.05) is 24.3 Å². The highest BCUT2D eigenvalue weighted by Gasteiger charge is 2.26. The number of nitrogens with zero attached hydrogens (tertiary/aromatic N) is 1. The average molecular weight is 382 g/mol. The molecule has 0 aliphatic heterocycles. The van der Waals surface area contributed by atoms with Crippen molar-refractivity contribution in [2.45, 2.75) is 32.1 Å². The van der Waals surface area contributed by atoms with Gasteiger partial charge in [0, 0.05) is 23.0 Å². The van der Waals surface area contributed by atoms with Gasteiger partial charge < -0.3 is 10.1 Å². The van der Waals surface area contributed by atoms with Crippen LogP contribution < -0.4 is 0 Å². The molecule has 4 heteroatoms. The van der Waals surface area contributed by atoms with E-state index in [0.29, 0.717) is 12.3 Å². The standard InChI is InChI=1S/C25H22N2O2/c1-15-12-20-21(13-18-8-5-9-22(26-18)25(28)29)24(17-6-3-2-4-7-17)27-23(20)14-19(15)16-10-11-16/h2-9,12,14,16,27H,10-11,13H2,1H3,(H,28,29). The highest BCUT2D eigenvalue weighted by molar-refractivity contribution is 5.92. The molecule has 4 nitrogen and oxygen atoms in total. The summed E-state index contributed by atoms with van der Waals surface area (Å²) in [7, 11) is 0. The van der Waals surface area contributed by atoms with Gasteiger partial charge >= 0.3 is 5.97 Å². The maximum Gasteiger partial charge on any atom is 0.354 e. The van der Waals surface area contributed by atoms with Crippen LogP contribution in [-0.4, -0.2) is 21.0 Å². The number of H-pyrrole nitrogens is 1. The molecule has 0 saturated heterocycles. The SMILES string of the molecule is Cc1cc2c(Cc3cccc(C(=O)O)n3)c(-c3ccccc3)[nH]c2cc1C1CC1. The van der Waals surface area contributed by atoms with Crippen molar-refractivity contribution in [2.24, 2.45) is 0 Å². The van der Waals surface area contributed by atoms with Gasteiger partial charge in [-0.1, -0.05) is 36.4 Å². The molecule has 2 aromatic heterocycles. The summed E-state index contributed by atoms with van der Waals surface area (Å²) >= 11 is 0. The van der Waals surface area contributed by atoms with Crippen LogP contribution in [0.15, 0.2) is 60.7 Å². The summed E-state index contributed by atoms with van der Waals surface area (Å²) in [6.45, 7) is 2.19. The van der Waals surface area contributed by atoms with Gasteiger partial charge in [-0.2, -0.15) is 0 Å². The van der Waals surface area contributed by atoms with Crippen LogP contribution in [0.4, 0.5) is 0 Å². The highest BCUT2D eigenvalue weighted by atomic mass is 16.4. The molecule has 0 bridgehead atoms. The Kier molecular flexibility index (Phi) is 4.20. The van der Waals surface area contributed by atoms with Crippen molar-refractivity contribution < 1.29 is 9.90 Å². The zero-order valence-electron chi connectivity index (χ0n) is 16.3. The Balaban J connectivity index is 1.68. The second kappa shape index (κ2) is 6.89. The first-order valence-corrected chi connectivity index (χ1v) is 10.00. The number of fused-ring (bicyclic) bond motifs is 1. The molecule has 2 heterocycles. The lowest BCUT2D eigenvalue weighted by Gasteiger charge is -2.08. The fraction of sp³-hybridized carbons (Fsp3) is 0.200. The summed E-state index contributed by atoms with van der Waals surface area (Å²) in [4.78, 5) is 19.3. The average Bonchev–Trinajstić information content (AvgIpc) is 3.52. The summed E-state index contributed by atoms with van der Waals surface area (Å²) in [6, 6.07) is 20.1. The Bertz CT molecular complexity index is 1220. The predicted octanol–water partition coefficient (Wildman–Crippen LogP) is 5.70. The number of carboxylic acid groups (broad SMARTS) is 1. The quantitative estimate of drug-likeness (QED) is 0.465. The predicted molar refractivity (Wildman–Crippen MR) is 114 cm³/mol. The van der Waals surface area contributed by atoms with Gasteiger partial charge in [0.1, 0.15) is 5.69 Å². The van der Waals surface area contributed by atoms with Crippen LogP contribution in [0.1, 0.15) is 51.6 Å². The van der Waals surface area contributed by atoms with Crippen LogP contribution in [0.5, 0.6) is 0 Å². The Hall–Kier alpha value is -3.40. The molecule has 1 aliphatic carbocycles. The lowest BCUT2D eigenvalue weighted by atomic mass is 9.97. The molecule has 0 amide bonds. The minimum atomic E-state index is -1.00. The van der Waals surface area contributed by atoms with Crippen molar-refractivity contribution in [3.63, 3.8) is 0 Å². The summed E-state index contributed by atoms with van der Waals surface area (Å²) in [5, 5.41) is 10.5. The van der Waals surface area contributed by atoms with Crippen molar-refractivity contribution in [3.8, 4) is 11.3 Å². The Morgan fingerprint density at radius 3 is 2.62 bits per heavy atom. The first-order chi connectivity index (χ1) is 14.1. The molecule has 5 rings (SSSR count). The minimum absolute atomic E-state index is 0.0794. The molecule has 1 saturated carbocycles. The van der Waals surface area contributed by atoms with Gasteiger partial charge in [-0.3, -0.25) is 0 Å². The smallest absolute Gasteiger partial charge is 0.354 e. The number of benzene rings is 2. The molecule has 0 spiro atoms. The van der Waals surface area contributed by atoms with E-state index in [2.05, 4.69) is 41.2 Å². The lowest BCUT2D eigenvalue weighted by Crippen LogP contribution is -2.03. The molecular formula is C25H22N2O2. The van der Waals surface area contributed by atoms with Gasteiger partial charge in [0.15, 0.2) is 0 Å². The van der Waals surface area contributed by atoms with Gasteiger partial charge in [0.05, 0.1) is 5.69 Å². The third kappa shape index (κ3) is 3.31. The number of carbonyl (C=O) groups is 1. The van der Waals surface area contributed by atoms with E-state index in [-0.39, 0.29) is 5.69 Å². The number of carboxylic acids is 1. The van der Waals surface area contributed by atoms with Gasteiger partial charge in [0.25, 0.3) is 0 Å². The highest BCUT2D eigenvalue weighted by Crippen LogP contribution is 2.43. The van der Waals surface area contributed by atoms with E-state index in [1.165, 1.54) is 35.4 Å². The van der Waals surface area contributed by atoms with E-state index in [0.717, 1.165) is 28.0 Å². The molecule has 1 fully saturated rings. The number of aromatic amines is 1. The second-order valence-electron chi connectivity index (χ2n) is 7.87. The van der Waals surface area contributed by atoms with Gasteiger partial charge in [-0.05, 0) is 72.2 Å². The molecule has 1 aliphatic rings. The fourth-order valence-corrected chi connectivity index (χ4v) is 4.17. The van der Waals surface area contributed by atoms with Crippen molar-refractivity contribution >= 4 is 16.9 Å². The molecule has 0 atom stereocenters. The van der Waals surface area contributed by atoms with Crippen LogP contribution in [0.3, 0.4) is 0 Å². The van der Waals surface area contributed by atoms with Crippen molar-refractivity contribution in [1.29, 1.82) is 0 Å². The first kappa shape index (κ1) is 17.7. The summed E-state index contributed by atoms with van der Waals surface area (Å²) in [6.07, 6.45) is 3.13. The first-order valence-electron chi connectivity index (χ1n) is 10.00. The van der Waals surface area contributed by atoms with E-state index in [1.54, 1.807) is 6.07 Å². The second-order valence-corrected chi connectivity index (χ2v) is 7.87. The number of aryl methyl sites for hydroxylation is 1. The Morgan fingerprint density at radius 1 is 1.10 bits per heavy atom. The summed E-state index contributed by atoms with van der Waals surface area (Å²) in [5.41, 5.74) is 8.10. The third-order valence-electron chi connectivity index (χ3n) is 5.76. The van der Waals surface area contributed by atoms with E-state index in [4.69, 9.17) is 0 Å². The number of aromatic carboxylic acids is 1. The monoisotopic (exact) mass is 382 g/mol. The Morgan fingerprint density at radius 2 is 1.90 bits per heavy atom. The van der Waals surface area contributed by atoms with Crippen LogP contribution in [0.25, 0.3) is 22.2 Å². The molecule has 0 radical (unpaired) electrons. The summed E-state index contributed by atoms with van der Waals surface area (Å²) < 4.78 is 0. The van der Waals surface area contributed by atoms with Crippen LogP contribution >= 0.6 is 0 Å². The van der Waals surface area contributed by atoms with Gasteiger partial charge in [0.2, 0.25) is 0 Å². The maximum absolute atomic E-state index is 11.3. The zero-order valence-corrected chi connectivity index (χ0v) is 16.3. The molecule has 2 aromatic carbocycles. The molecule has 2 N–H and O–H groups in total. The fourth-order valence-electron chi connectivity index (χ4n) is 4.17. The number of pyridine rings is 1. The van der Waals surface area contributed by atoms with E-state index < -0.39 is 5.97 Å². The molecule has 29 heavy (non-hydrogen) atoms. The third-order valence-corrected chi connectivity index (χ3v) is 5.76. The molecule has 0 unspecified atom stereocenters. The van der Waals surface area contributed by atoms with E-state index >= 15 is 0 Å². The maximum atomic E-state index is 11.3. The van der Waals surface area contributed by atoms with Gasteiger partial charge in [-0.15, -0.1) is 0 Å². The van der Waals surface area contributed by atoms with E-state index in [9.17, 15) is 9.90 Å². The topological polar surface area (TPSA) is 66.0 Å². The summed E-state index contributed by atoms with van der Waals surface area (Å²) in [5.74, 6) is -0.306.